The first-order valence-corrected chi connectivity index (χ1v) is 13.6. The number of sulfonamides is 1. The third-order valence-corrected chi connectivity index (χ3v) is 8.16. The molecule has 1 amide bonds. The van der Waals surface area contributed by atoms with E-state index in [9.17, 15) is 13.2 Å². The summed E-state index contributed by atoms with van der Waals surface area (Å²) >= 11 is 0. The molecule has 0 saturated carbocycles. The maximum Gasteiger partial charge on any atom is 0.244 e. The number of amides is 1. The molecule has 0 aromatic heterocycles. The number of anilines is 1. The second kappa shape index (κ2) is 11.6. The summed E-state index contributed by atoms with van der Waals surface area (Å²) in [5.41, 5.74) is 6.16. The molecule has 3 aromatic rings. The van der Waals surface area contributed by atoms with Gasteiger partial charge in [-0.15, -0.1) is 0 Å². The molecule has 0 unspecified atom stereocenters. The predicted octanol–water partition coefficient (Wildman–Crippen LogP) is 6.09. The standard InChI is InChI=1S/C29H36N2O3S/c1-6-7-8-25-13-15-27(16-14-25)30-28(32)20-31(19-26-11-9-21(2)10-12-26)35(33,34)29-23(4)17-22(3)18-24(29)5/h9-18H,6-8,19-20H2,1-5H3,(H,30,32). The maximum absolute atomic E-state index is 13.8. The fourth-order valence-electron chi connectivity index (χ4n) is 4.32. The van der Waals surface area contributed by atoms with E-state index < -0.39 is 10.0 Å². The van der Waals surface area contributed by atoms with Crippen molar-refractivity contribution in [2.45, 2.75) is 65.3 Å². The van der Waals surface area contributed by atoms with Crippen LogP contribution in [-0.2, 0) is 27.8 Å². The number of hydrogen-bond acceptors (Lipinski definition) is 3. The lowest BCUT2D eigenvalue weighted by Gasteiger charge is -2.24. The number of benzene rings is 3. The van der Waals surface area contributed by atoms with Gasteiger partial charge in [-0.2, -0.15) is 4.31 Å². The van der Waals surface area contributed by atoms with Crippen LogP contribution in [0.25, 0.3) is 0 Å². The van der Waals surface area contributed by atoms with Crippen LogP contribution in [-0.4, -0.2) is 25.2 Å². The van der Waals surface area contributed by atoms with Crippen molar-refractivity contribution >= 4 is 21.6 Å². The zero-order valence-electron chi connectivity index (χ0n) is 21.4. The summed E-state index contributed by atoms with van der Waals surface area (Å²) in [6.07, 6.45) is 3.25. The molecule has 5 nitrogen and oxygen atoms in total. The van der Waals surface area contributed by atoms with Gasteiger partial charge in [0.2, 0.25) is 15.9 Å². The van der Waals surface area contributed by atoms with Crippen LogP contribution in [0.2, 0.25) is 0 Å². The fourth-order valence-corrected chi connectivity index (χ4v) is 6.12. The Labute approximate surface area is 210 Å². The molecule has 0 atom stereocenters. The molecule has 0 aliphatic carbocycles. The number of nitrogens with one attached hydrogen (secondary N) is 1. The van der Waals surface area contributed by atoms with Crippen LogP contribution in [0.5, 0.6) is 0 Å². The Balaban J connectivity index is 1.87. The van der Waals surface area contributed by atoms with E-state index in [0.717, 1.165) is 36.0 Å². The summed E-state index contributed by atoms with van der Waals surface area (Å²) in [6, 6.07) is 19.2. The molecule has 6 heteroatoms. The van der Waals surface area contributed by atoms with E-state index in [0.29, 0.717) is 16.8 Å². The number of rotatable bonds is 10. The van der Waals surface area contributed by atoms with Crippen LogP contribution in [0.3, 0.4) is 0 Å². The van der Waals surface area contributed by atoms with Gasteiger partial charge in [-0.1, -0.05) is 73.0 Å². The third kappa shape index (κ3) is 7.03. The normalized spacial score (nSPS) is 11.6. The minimum atomic E-state index is -3.92. The van der Waals surface area contributed by atoms with Gasteiger partial charge in [-0.05, 0) is 74.9 Å². The maximum atomic E-state index is 13.8. The molecule has 0 aliphatic rings. The van der Waals surface area contributed by atoms with Gasteiger partial charge in [0.05, 0.1) is 11.4 Å². The molecule has 0 fully saturated rings. The monoisotopic (exact) mass is 492 g/mol. The van der Waals surface area contributed by atoms with Crippen LogP contribution >= 0.6 is 0 Å². The van der Waals surface area contributed by atoms with Crippen molar-refractivity contribution < 1.29 is 13.2 Å². The molecule has 1 N–H and O–H groups in total. The molecule has 0 aliphatic heterocycles. The highest BCUT2D eigenvalue weighted by Gasteiger charge is 2.30. The summed E-state index contributed by atoms with van der Waals surface area (Å²) in [7, 11) is -3.92. The molecule has 3 rings (SSSR count). The average molecular weight is 493 g/mol. The van der Waals surface area contributed by atoms with E-state index in [2.05, 4.69) is 12.2 Å². The smallest absolute Gasteiger partial charge is 0.244 e. The molecule has 0 bridgehead atoms. The minimum absolute atomic E-state index is 0.110. The molecule has 35 heavy (non-hydrogen) atoms. The van der Waals surface area contributed by atoms with Crippen molar-refractivity contribution in [1.82, 2.24) is 4.31 Å². The van der Waals surface area contributed by atoms with Gasteiger partial charge in [0.25, 0.3) is 0 Å². The Morgan fingerprint density at radius 3 is 1.97 bits per heavy atom. The lowest BCUT2D eigenvalue weighted by Crippen LogP contribution is -2.38. The van der Waals surface area contributed by atoms with E-state index in [1.54, 1.807) is 13.8 Å². The predicted molar refractivity (Wildman–Crippen MR) is 143 cm³/mol. The highest BCUT2D eigenvalue weighted by molar-refractivity contribution is 7.89. The van der Waals surface area contributed by atoms with Gasteiger partial charge in [0, 0.05) is 12.2 Å². The first-order valence-electron chi connectivity index (χ1n) is 12.1. The molecular formula is C29H36N2O3S. The van der Waals surface area contributed by atoms with Crippen LogP contribution in [0, 0.1) is 27.7 Å². The van der Waals surface area contributed by atoms with Gasteiger partial charge in [0.1, 0.15) is 0 Å². The van der Waals surface area contributed by atoms with E-state index in [4.69, 9.17) is 0 Å². The number of carbonyl (C=O) groups excluding carboxylic acids is 1. The number of carbonyl (C=O) groups is 1. The van der Waals surface area contributed by atoms with Crippen molar-refractivity contribution in [2.75, 3.05) is 11.9 Å². The van der Waals surface area contributed by atoms with Crippen molar-refractivity contribution in [3.05, 3.63) is 94.0 Å². The molecule has 186 valence electrons. The summed E-state index contributed by atoms with van der Waals surface area (Å²) < 4.78 is 28.9. The van der Waals surface area contributed by atoms with Gasteiger partial charge in [-0.3, -0.25) is 4.79 Å². The minimum Gasteiger partial charge on any atom is -0.325 e. The highest BCUT2D eigenvalue weighted by atomic mass is 32.2. The first-order chi connectivity index (χ1) is 16.6. The van der Waals surface area contributed by atoms with Crippen LogP contribution in [0.4, 0.5) is 5.69 Å². The van der Waals surface area contributed by atoms with E-state index in [-0.39, 0.29) is 23.9 Å². The summed E-state index contributed by atoms with van der Waals surface area (Å²) in [5, 5.41) is 2.87. The summed E-state index contributed by atoms with van der Waals surface area (Å²) in [4.78, 5) is 13.3. The van der Waals surface area contributed by atoms with Crippen molar-refractivity contribution in [3.8, 4) is 0 Å². The highest BCUT2D eigenvalue weighted by Crippen LogP contribution is 2.27. The quantitative estimate of drug-likeness (QED) is 0.372. The van der Waals surface area contributed by atoms with Gasteiger partial charge < -0.3 is 5.32 Å². The fraction of sp³-hybridized carbons (Fsp3) is 0.345. The lowest BCUT2D eigenvalue weighted by atomic mass is 10.1. The molecule has 0 saturated heterocycles. The van der Waals surface area contributed by atoms with Gasteiger partial charge in [-0.25, -0.2) is 8.42 Å². The van der Waals surface area contributed by atoms with Crippen LogP contribution in [0.1, 0.15) is 53.1 Å². The first kappa shape index (κ1) is 26.6. The Morgan fingerprint density at radius 1 is 0.829 bits per heavy atom. The summed E-state index contributed by atoms with van der Waals surface area (Å²) in [6.45, 7) is 9.53. The molecule has 0 spiro atoms. The molecule has 0 heterocycles. The van der Waals surface area contributed by atoms with Gasteiger partial charge in [0.15, 0.2) is 0 Å². The Morgan fingerprint density at radius 2 is 1.40 bits per heavy atom. The number of hydrogen-bond donors (Lipinski definition) is 1. The van der Waals surface area contributed by atoms with Gasteiger partial charge >= 0.3 is 0 Å². The number of unbranched alkanes of at least 4 members (excludes halogenated alkanes) is 1. The van der Waals surface area contributed by atoms with Crippen LogP contribution < -0.4 is 5.32 Å². The van der Waals surface area contributed by atoms with E-state index >= 15 is 0 Å². The number of nitrogens with zero attached hydrogens (tertiary/aromatic N) is 1. The molecule has 0 radical (unpaired) electrons. The van der Waals surface area contributed by atoms with Crippen molar-refractivity contribution in [1.29, 1.82) is 0 Å². The zero-order chi connectivity index (χ0) is 25.6. The number of aryl methyl sites for hydroxylation is 5. The lowest BCUT2D eigenvalue weighted by molar-refractivity contribution is -0.116. The average Bonchev–Trinajstić information content (AvgIpc) is 2.78. The topological polar surface area (TPSA) is 66.5 Å². The second-order valence-corrected chi connectivity index (χ2v) is 11.2. The van der Waals surface area contributed by atoms with E-state index in [1.165, 1.54) is 9.87 Å². The molecular weight excluding hydrogens is 456 g/mol. The zero-order valence-corrected chi connectivity index (χ0v) is 22.2. The largest absolute Gasteiger partial charge is 0.325 e. The Hall–Kier alpha value is -2.96. The molecule has 3 aromatic carbocycles. The Bertz CT molecular complexity index is 1240. The van der Waals surface area contributed by atoms with Crippen molar-refractivity contribution in [3.63, 3.8) is 0 Å². The summed E-state index contributed by atoms with van der Waals surface area (Å²) in [5.74, 6) is -0.371. The van der Waals surface area contributed by atoms with E-state index in [1.807, 2.05) is 74.5 Å². The SMILES string of the molecule is CCCCc1ccc(NC(=O)CN(Cc2ccc(C)cc2)S(=O)(=O)c2c(C)cc(C)cc2C)cc1. The van der Waals surface area contributed by atoms with Crippen molar-refractivity contribution in [2.24, 2.45) is 0 Å². The third-order valence-electron chi connectivity index (χ3n) is 6.06. The Kier molecular flexibility index (Phi) is 8.87. The van der Waals surface area contributed by atoms with Crippen LogP contribution in [0.15, 0.2) is 65.6 Å². The second-order valence-electron chi connectivity index (χ2n) is 9.34.